The van der Waals surface area contributed by atoms with Gasteiger partial charge in [0.25, 0.3) is 5.91 Å². The Hall–Kier alpha value is -2.88. The molecule has 1 amide bonds. The first-order valence-corrected chi connectivity index (χ1v) is 7.90. The fourth-order valence-electron chi connectivity index (χ4n) is 2.29. The van der Waals surface area contributed by atoms with E-state index in [0.29, 0.717) is 18.4 Å². The Morgan fingerprint density at radius 2 is 1.71 bits per heavy atom. The van der Waals surface area contributed by atoms with E-state index in [1.165, 1.54) is 0 Å². The Labute approximate surface area is 141 Å². The minimum absolute atomic E-state index is 0.141. The lowest BCUT2D eigenvalue weighted by molar-refractivity contribution is -0.137. The van der Waals surface area contributed by atoms with E-state index in [0.717, 1.165) is 16.8 Å². The molecule has 2 rings (SSSR count). The van der Waals surface area contributed by atoms with Crippen molar-refractivity contribution in [1.29, 1.82) is 0 Å². The molecule has 0 spiro atoms. The fourth-order valence-corrected chi connectivity index (χ4v) is 2.29. The lowest BCUT2D eigenvalue weighted by Gasteiger charge is -2.07. The number of hydrogen-bond acceptors (Lipinski definition) is 2. The zero-order valence-corrected chi connectivity index (χ0v) is 13.7. The molecule has 2 aromatic rings. The quantitative estimate of drug-likeness (QED) is 0.753. The van der Waals surface area contributed by atoms with E-state index in [9.17, 15) is 9.59 Å². The van der Waals surface area contributed by atoms with E-state index < -0.39 is 5.97 Å². The molecule has 2 aromatic carbocycles. The van der Waals surface area contributed by atoms with E-state index >= 15 is 0 Å². The molecule has 4 heteroatoms. The molecule has 0 aliphatic heterocycles. The molecule has 2 N–H and O–H groups in total. The number of carbonyl (C=O) groups is 2. The van der Waals surface area contributed by atoms with Crippen molar-refractivity contribution in [3.05, 3.63) is 71.3 Å². The molecule has 0 aliphatic rings. The van der Waals surface area contributed by atoms with Gasteiger partial charge < -0.3 is 10.4 Å². The molecule has 4 nitrogen and oxygen atoms in total. The Morgan fingerprint density at radius 1 is 1.04 bits per heavy atom. The molecule has 0 fully saturated rings. The third-order valence-electron chi connectivity index (χ3n) is 3.61. The van der Waals surface area contributed by atoms with Crippen LogP contribution in [0.2, 0.25) is 0 Å². The van der Waals surface area contributed by atoms with Gasteiger partial charge in [-0.3, -0.25) is 9.59 Å². The minimum atomic E-state index is -0.778. The van der Waals surface area contributed by atoms with E-state index in [4.69, 9.17) is 5.11 Å². The van der Waals surface area contributed by atoms with Crippen LogP contribution < -0.4 is 5.32 Å². The van der Waals surface area contributed by atoms with Crippen LogP contribution in [0.25, 0.3) is 6.08 Å². The van der Waals surface area contributed by atoms with Crippen molar-refractivity contribution in [3.63, 3.8) is 0 Å². The summed E-state index contributed by atoms with van der Waals surface area (Å²) in [5.74, 6) is -0.919. The first kappa shape index (κ1) is 17.5. The average Bonchev–Trinajstić information content (AvgIpc) is 2.57. The normalized spacial score (nSPS) is 11.1. The van der Waals surface area contributed by atoms with Crippen LogP contribution in [0.15, 0.2) is 60.2 Å². The van der Waals surface area contributed by atoms with E-state index in [1.807, 2.05) is 60.7 Å². The lowest BCUT2D eigenvalue weighted by atomic mass is 10.1. The Bertz CT molecular complexity index is 718. The molecule has 124 valence electrons. The second kappa shape index (κ2) is 8.67. The van der Waals surface area contributed by atoms with Crippen LogP contribution in [0.1, 0.15) is 30.9 Å². The topological polar surface area (TPSA) is 66.4 Å². The summed E-state index contributed by atoms with van der Waals surface area (Å²) < 4.78 is 0. The van der Waals surface area contributed by atoms with E-state index in [-0.39, 0.29) is 12.3 Å². The number of anilines is 1. The summed E-state index contributed by atoms with van der Waals surface area (Å²) in [7, 11) is 0. The Kier molecular flexibility index (Phi) is 6.32. The van der Waals surface area contributed by atoms with Crippen LogP contribution in [-0.4, -0.2) is 17.0 Å². The Morgan fingerprint density at radius 3 is 2.33 bits per heavy atom. The molecule has 0 bridgehead atoms. The van der Waals surface area contributed by atoms with Gasteiger partial charge in [-0.1, -0.05) is 42.5 Å². The minimum Gasteiger partial charge on any atom is -0.481 e. The highest BCUT2D eigenvalue weighted by atomic mass is 16.4. The van der Waals surface area contributed by atoms with Gasteiger partial charge in [0, 0.05) is 17.7 Å². The van der Waals surface area contributed by atoms with E-state index in [2.05, 4.69) is 5.32 Å². The third kappa shape index (κ3) is 5.72. The number of aryl methyl sites for hydroxylation is 1. The fraction of sp³-hybridized carbons (Fsp3) is 0.200. The highest BCUT2D eigenvalue weighted by Crippen LogP contribution is 2.14. The molecule has 0 aromatic heterocycles. The number of aliphatic carboxylic acids is 1. The van der Waals surface area contributed by atoms with Gasteiger partial charge in [0.1, 0.15) is 0 Å². The highest BCUT2D eigenvalue weighted by Gasteiger charge is 2.05. The number of hydrogen-bond donors (Lipinski definition) is 2. The summed E-state index contributed by atoms with van der Waals surface area (Å²) >= 11 is 0. The van der Waals surface area contributed by atoms with Crippen LogP contribution >= 0.6 is 0 Å². The zero-order chi connectivity index (χ0) is 17.4. The van der Waals surface area contributed by atoms with Crippen molar-refractivity contribution < 1.29 is 14.7 Å². The van der Waals surface area contributed by atoms with Gasteiger partial charge in [0.2, 0.25) is 0 Å². The molecule has 24 heavy (non-hydrogen) atoms. The predicted molar refractivity (Wildman–Crippen MR) is 95.7 cm³/mol. The van der Waals surface area contributed by atoms with Gasteiger partial charge >= 0.3 is 5.97 Å². The molecule has 0 unspecified atom stereocenters. The summed E-state index contributed by atoms with van der Waals surface area (Å²) in [4.78, 5) is 22.7. The summed E-state index contributed by atoms with van der Waals surface area (Å²) in [6.45, 7) is 1.78. The number of amides is 1. The molecule has 0 heterocycles. The van der Waals surface area contributed by atoms with Gasteiger partial charge in [0.15, 0.2) is 0 Å². The average molecular weight is 323 g/mol. The van der Waals surface area contributed by atoms with Gasteiger partial charge in [-0.2, -0.15) is 0 Å². The number of carboxylic acid groups (broad SMARTS) is 1. The lowest BCUT2D eigenvalue weighted by Crippen LogP contribution is -2.12. The second-order valence-corrected chi connectivity index (χ2v) is 5.64. The monoisotopic (exact) mass is 323 g/mol. The van der Waals surface area contributed by atoms with Crippen molar-refractivity contribution >= 4 is 23.6 Å². The van der Waals surface area contributed by atoms with Crippen molar-refractivity contribution in [3.8, 4) is 0 Å². The zero-order valence-electron chi connectivity index (χ0n) is 13.7. The maximum Gasteiger partial charge on any atom is 0.303 e. The summed E-state index contributed by atoms with van der Waals surface area (Å²) in [5.41, 5.74) is 3.40. The predicted octanol–water partition coefficient (Wildman–Crippen LogP) is 4.14. The van der Waals surface area contributed by atoms with Crippen LogP contribution in [0, 0.1) is 0 Å². The van der Waals surface area contributed by atoms with Gasteiger partial charge in [-0.05, 0) is 49.1 Å². The first-order valence-electron chi connectivity index (χ1n) is 7.90. The molecular formula is C20H21NO3. The van der Waals surface area contributed by atoms with Gasteiger partial charge in [-0.25, -0.2) is 0 Å². The maximum atomic E-state index is 12.2. The van der Waals surface area contributed by atoms with Crippen LogP contribution in [0.5, 0.6) is 0 Å². The number of benzene rings is 2. The van der Waals surface area contributed by atoms with Crippen molar-refractivity contribution in [2.75, 3.05) is 5.32 Å². The Balaban J connectivity index is 1.92. The van der Waals surface area contributed by atoms with Crippen LogP contribution in [-0.2, 0) is 16.0 Å². The number of carbonyl (C=O) groups excluding carboxylic acids is 1. The second-order valence-electron chi connectivity index (χ2n) is 5.64. The van der Waals surface area contributed by atoms with Crippen molar-refractivity contribution in [2.45, 2.75) is 26.2 Å². The first-order chi connectivity index (χ1) is 11.5. The third-order valence-corrected chi connectivity index (χ3v) is 3.61. The molecule has 0 aliphatic carbocycles. The maximum absolute atomic E-state index is 12.2. The number of carboxylic acids is 1. The SMILES string of the molecule is CC(=Cc1ccccc1)C(=O)Nc1ccc(CCCC(=O)O)cc1. The van der Waals surface area contributed by atoms with E-state index in [1.54, 1.807) is 6.92 Å². The summed E-state index contributed by atoms with van der Waals surface area (Å²) in [6, 6.07) is 17.2. The van der Waals surface area contributed by atoms with Gasteiger partial charge in [-0.15, -0.1) is 0 Å². The molecule has 0 saturated carbocycles. The molecule has 0 radical (unpaired) electrons. The summed E-state index contributed by atoms with van der Waals surface area (Å²) in [6.07, 6.45) is 3.34. The number of rotatable bonds is 7. The summed E-state index contributed by atoms with van der Waals surface area (Å²) in [5, 5.41) is 11.5. The van der Waals surface area contributed by atoms with Crippen LogP contribution in [0.3, 0.4) is 0 Å². The molecule has 0 saturated heterocycles. The van der Waals surface area contributed by atoms with Crippen molar-refractivity contribution in [1.82, 2.24) is 0 Å². The number of nitrogens with one attached hydrogen (secondary N) is 1. The largest absolute Gasteiger partial charge is 0.481 e. The smallest absolute Gasteiger partial charge is 0.303 e. The van der Waals surface area contributed by atoms with Gasteiger partial charge in [0.05, 0.1) is 0 Å². The standard InChI is InChI=1S/C20H21NO3/c1-15(14-17-6-3-2-4-7-17)20(24)21-18-12-10-16(11-13-18)8-5-9-19(22)23/h2-4,6-7,10-14H,5,8-9H2,1H3,(H,21,24)(H,22,23). The van der Waals surface area contributed by atoms with Crippen LogP contribution in [0.4, 0.5) is 5.69 Å². The van der Waals surface area contributed by atoms with Crippen molar-refractivity contribution in [2.24, 2.45) is 0 Å². The molecular weight excluding hydrogens is 302 g/mol. The highest BCUT2D eigenvalue weighted by molar-refractivity contribution is 6.06. The molecule has 0 atom stereocenters.